The first-order valence-electron chi connectivity index (χ1n) is 9.00. The van der Waals surface area contributed by atoms with Gasteiger partial charge in [-0.25, -0.2) is 9.82 Å². The zero-order valence-electron chi connectivity index (χ0n) is 16.1. The van der Waals surface area contributed by atoms with Gasteiger partial charge in [-0.05, 0) is 85.5 Å². The predicted octanol–water partition coefficient (Wildman–Crippen LogP) is 6.71. The molecule has 4 nitrogen and oxygen atoms in total. The Balaban J connectivity index is 1.65. The maximum absolute atomic E-state index is 13.3. The highest BCUT2D eigenvalue weighted by Gasteiger charge is 2.30. The second-order valence-corrected chi connectivity index (χ2v) is 8.22. The van der Waals surface area contributed by atoms with Crippen LogP contribution in [0.5, 0.6) is 5.75 Å². The van der Waals surface area contributed by atoms with Gasteiger partial charge in [-0.2, -0.15) is 18.3 Å². The fraction of sp³-hybridized carbons (Fsp3) is 0.0909. The molecule has 0 atom stereocenters. The van der Waals surface area contributed by atoms with E-state index in [0.717, 1.165) is 18.2 Å². The van der Waals surface area contributed by atoms with Crippen molar-refractivity contribution in [2.45, 2.75) is 12.8 Å². The van der Waals surface area contributed by atoms with Crippen molar-refractivity contribution < 1.29 is 27.1 Å². The molecule has 3 rings (SSSR count). The van der Waals surface area contributed by atoms with Crippen molar-refractivity contribution in [3.63, 3.8) is 0 Å². The molecular formula is C22H14Br2F4N2O2. The van der Waals surface area contributed by atoms with Gasteiger partial charge in [0.2, 0.25) is 0 Å². The Morgan fingerprint density at radius 1 is 1.03 bits per heavy atom. The van der Waals surface area contributed by atoms with Crippen LogP contribution in [0.3, 0.4) is 0 Å². The Morgan fingerprint density at radius 3 is 2.38 bits per heavy atom. The molecule has 0 aliphatic heterocycles. The van der Waals surface area contributed by atoms with Crippen LogP contribution in [-0.4, -0.2) is 12.1 Å². The molecule has 166 valence electrons. The second-order valence-electron chi connectivity index (χ2n) is 6.51. The first-order chi connectivity index (χ1) is 15.1. The van der Waals surface area contributed by atoms with Crippen LogP contribution in [0.4, 0.5) is 17.6 Å². The summed E-state index contributed by atoms with van der Waals surface area (Å²) in [7, 11) is 0. The zero-order valence-corrected chi connectivity index (χ0v) is 19.3. The van der Waals surface area contributed by atoms with Crippen molar-refractivity contribution in [1.82, 2.24) is 5.43 Å². The van der Waals surface area contributed by atoms with E-state index in [1.807, 2.05) is 0 Å². The van der Waals surface area contributed by atoms with E-state index in [0.29, 0.717) is 25.8 Å². The molecule has 0 radical (unpaired) electrons. The molecule has 0 fully saturated rings. The number of carbonyl (C=O) groups is 1. The van der Waals surface area contributed by atoms with Gasteiger partial charge in [0.1, 0.15) is 18.2 Å². The number of hydrogen-bond acceptors (Lipinski definition) is 3. The van der Waals surface area contributed by atoms with Gasteiger partial charge in [0.05, 0.1) is 20.7 Å². The molecule has 0 aliphatic carbocycles. The summed E-state index contributed by atoms with van der Waals surface area (Å²) in [5, 5.41) is 3.79. The van der Waals surface area contributed by atoms with Gasteiger partial charge >= 0.3 is 6.18 Å². The van der Waals surface area contributed by atoms with Gasteiger partial charge < -0.3 is 4.74 Å². The van der Waals surface area contributed by atoms with Crippen molar-refractivity contribution in [2.75, 3.05) is 0 Å². The molecule has 10 heteroatoms. The summed E-state index contributed by atoms with van der Waals surface area (Å²) < 4.78 is 58.5. The van der Waals surface area contributed by atoms with Crippen LogP contribution in [0, 0.1) is 5.82 Å². The largest absolute Gasteiger partial charge is 0.487 e. The molecule has 3 aromatic rings. The molecular weight excluding hydrogens is 560 g/mol. The van der Waals surface area contributed by atoms with Crippen molar-refractivity contribution in [2.24, 2.45) is 5.10 Å². The number of rotatable bonds is 6. The Kier molecular flexibility index (Phi) is 7.68. The number of halogens is 6. The van der Waals surface area contributed by atoms with E-state index in [4.69, 9.17) is 4.74 Å². The van der Waals surface area contributed by atoms with Crippen molar-refractivity contribution in [3.8, 4) is 5.75 Å². The van der Waals surface area contributed by atoms with E-state index in [-0.39, 0.29) is 18.0 Å². The van der Waals surface area contributed by atoms with E-state index in [1.165, 1.54) is 24.4 Å². The first kappa shape index (κ1) is 23.9. The number of benzene rings is 3. The number of nitrogens with one attached hydrogen (secondary N) is 1. The molecule has 1 amide bonds. The highest BCUT2D eigenvalue weighted by molar-refractivity contribution is 9.11. The van der Waals surface area contributed by atoms with Crippen molar-refractivity contribution >= 4 is 44.0 Å². The minimum atomic E-state index is -4.55. The quantitative estimate of drug-likeness (QED) is 0.202. The Labute approximate surface area is 197 Å². The van der Waals surface area contributed by atoms with Crippen LogP contribution >= 0.6 is 31.9 Å². The van der Waals surface area contributed by atoms with Crippen molar-refractivity contribution in [1.29, 1.82) is 0 Å². The third kappa shape index (κ3) is 6.39. The lowest BCUT2D eigenvalue weighted by Gasteiger charge is -2.11. The Bertz CT molecular complexity index is 1140. The summed E-state index contributed by atoms with van der Waals surface area (Å²) in [4.78, 5) is 12.1. The summed E-state index contributed by atoms with van der Waals surface area (Å²) in [6.07, 6.45) is -3.21. The minimum Gasteiger partial charge on any atom is -0.487 e. The van der Waals surface area contributed by atoms with Gasteiger partial charge in [-0.1, -0.05) is 18.2 Å². The van der Waals surface area contributed by atoms with E-state index >= 15 is 0 Å². The molecule has 0 saturated carbocycles. The number of ether oxygens (including phenoxy) is 1. The standard InChI is InChI=1S/C22H14Br2F4N2O2/c23-18-8-14(9-19(24)20(18)32-12-13-3-1-6-17(25)7-13)11-29-30-21(31)15-4-2-5-16(10-15)22(26,27)28/h1-11H,12H2,(H,30,31)/b29-11-. The van der Waals surface area contributed by atoms with E-state index < -0.39 is 17.6 Å². The lowest BCUT2D eigenvalue weighted by Crippen LogP contribution is -2.18. The van der Waals surface area contributed by atoms with Crippen LogP contribution in [0.2, 0.25) is 0 Å². The average molecular weight is 574 g/mol. The normalized spacial score (nSPS) is 11.6. The lowest BCUT2D eigenvalue weighted by molar-refractivity contribution is -0.137. The molecule has 1 N–H and O–H groups in total. The zero-order chi connectivity index (χ0) is 23.3. The van der Waals surface area contributed by atoms with E-state index in [1.54, 1.807) is 24.3 Å². The van der Waals surface area contributed by atoms with Crippen LogP contribution in [0.1, 0.15) is 27.0 Å². The van der Waals surface area contributed by atoms with E-state index in [2.05, 4.69) is 42.4 Å². The number of amides is 1. The van der Waals surface area contributed by atoms with Gasteiger partial charge in [0.15, 0.2) is 0 Å². The lowest BCUT2D eigenvalue weighted by atomic mass is 10.1. The Morgan fingerprint density at radius 2 is 1.72 bits per heavy atom. The molecule has 0 saturated heterocycles. The van der Waals surface area contributed by atoms with Gasteiger partial charge in [-0.15, -0.1) is 0 Å². The number of nitrogens with zero attached hydrogens (tertiary/aromatic N) is 1. The smallest absolute Gasteiger partial charge is 0.416 e. The Hall–Kier alpha value is -2.72. The number of hydrazone groups is 1. The van der Waals surface area contributed by atoms with Gasteiger partial charge in [0, 0.05) is 5.56 Å². The molecule has 32 heavy (non-hydrogen) atoms. The van der Waals surface area contributed by atoms with Gasteiger partial charge in [-0.3, -0.25) is 4.79 Å². The summed E-state index contributed by atoms with van der Waals surface area (Å²) in [5.74, 6) is -0.650. The fourth-order valence-electron chi connectivity index (χ4n) is 2.64. The topological polar surface area (TPSA) is 50.7 Å². The third-order valence-electron chi connectivity index (χ3n) is 4.12. The number of hydrogen-bond donors (Lipinski definition) is 1. The molecule has 0 heterocycles. The fourth-order valence-corrected chi connectivity index (χ4v) is 4.09. The monoisotopic (exact) mass is 572 g/mol. The number of alkyl halides is 3. The molecule has 3 aromatic carbocycles. The van der Waals surface area contributed by atoms with Crippen LogP contribution in [0.15, 0.2) is 74.7 Å². The average Bonchev–Trinajstić information content (AvgIpc) is 2.72. The number of carbonyl (C=O) groups excluding carboxylic acids is 1. The summed E-state index contributed by atoms with van der Waals surface area (Å²) in [6, 6.07) is 13.4. The van der Waals surface area contributed by atoms with Crippen LogP contribution in [0.25, 0.3) is 0 Å². The van der Waals surface area contributed by atoms with E-state index in [9.17, 15) is 22.4 Å². The SMILES string of the molecule is O=C(N/N=C\c1cc(Br)c(OCc2cccc(F)c2)c(Br)c1)c1cccc(C(F)(F)F)c1. The summed E-state index contributed by atoms with van der Waals surface area (Å²) >= 11 is 6.77. The molecule has 0 aliphatic rings. The molecule has 0 bridgehead atoms. The maximum atomic E-state index is 13.3. The van der Waals surface area contributed by atoms with Gasteiger partial charge in [0.25, 0.3) is 5.91 Å². The highest BCUT2D eigenvalue weighted by atomic mass is 79.9. The molecule has 0 spiro atoms. The first-order valence-corrected chi connectivity index (χ1v) is 10.6. The maximum Gasteiger partial charge on any atom is 0.416 e. The highest BCUT2D eigenvalue weighted by Crippen LogP contribution is 2.35. The predicted molar refractivity (Wildman–Crippen MR) is 119 cm³/mol. The minimum absolute atomic E-state index is 0.148. The second kappa shape index (κ2) is 10.3. The van der Waals surface area contributed by atoms with Crippen LogP contribution < -0.4 is 10.2 Å². The molecule has 0 aromatic heterocycles. The molecule has 0 unspecified atom stereocenters. The third-order valence-corrected chi connectivity index (χ3v) is 5.30. The van der Waals surface area contributed by atoms with Crippen LogP contribution in [-0.2, 0) is 12.8 Å². The van der Waals surface area contributed by atoms with Crippen molar-refractivity contribution in [3.05, 3.63) is 97.7 Å². The summed E-state index contributed by atoms with van der Waals surface area (Å²) in [5.41, 5.74) is 2.34. The summed E-state index contributed by atoms with van der Waals surface area (Å²) in [6.45, 7) is 0.148.